The summed E-state index contributed by atoms with van der Waals surface area (Å²) in [5.41, 5.74) is 2.20. The minimum atomic E-state index is -0.0429. The van der Waals surface area contributed by atoms with Crippen molar-refractivity contribution in [2.75, 3.05) is 51.3 Å². The number of pyridine rings is 1. The second-order valence-electron chi connectivity index (χ2n) is 6.92. The molecule has 0 spiro atoms. The smallest absolute Gasteiger partial charge is 0.251 e. The van der Waals surface area contributed by atoms with Crippen molar-refractivity contribution in [3.05, 3.63) is 35.5 Å². The van der Waals surface area contributed by atoms with Crippen molar-refractivity contribution in [1.29, 1.82) is 0 Å². The summed E-state index contributed by atoms with van der Waals surface area (Å²) in [5.74, 6) is 0.723. The Hall–Kier alpha value is -1.92. The topological polar surface area (TPSA) is 66.5 Å². The molecule has 1 aromatic heterocycles. The van der Waals surface area contributed by atoms with Gasteiger partial charge in [-0.25, -0.2) is 4.98 Å². The quantitative estimate of drug-likeness (QED) is 0.699. The Labute approximate surface area is 156 Å². The first kappa shape index (κ1) is 18.9. The standard InChI is InChI=1S/C20H30N4O2/c25-20(23-10-11-24-12-14-26-15-13-24)18-7-9-22-19(16-18)21-8-6-17-4-2-1-3-5-17/h4,7,9,16H,1-3,5-6,8,10-15H2,(H,21,22)(H,23,25). The van der Waals surface area contributed by atoms with Gasteiger partial charge >= 0.3 is 0 Å². The number of anilines is 1. The van der Waals surface area contributed by atoms with E-state index in [-0.39, 0.29) is 5.91 Å². The predicted molar refractivity (Wildman–Crippen MR) is 103 cm³/mol. The molecule has 2 heterocycles. The molecule has 1 aliphatic heterocycles. The van der Waals surface area contributed by atoms with Crippen LogP contribution in [0.15, 0.2) is 30.0 Å². The lowest BCUT2D eigenvalue weighted by atomic mass is 9.97. The van der Waals surface area contributed by atoms with Crippen LogP contribution in [0, 0.1) is 0 Å². The molecular formula is C20H30N4O2. The van der Waals surface area contributed by atoms with Gasteiger partial charge in [0.1, 0.15) is 5.82 Å². The van der Waals surface area contributed by atoms with Crippen molar-refractivity contribution >= 4 is 11.7 Å². The summed E-state index contributed by atoms with van der Waals surface area (Å²) in [5, 5.41) is 6.34. The second-order valence-corrected chi connectivity index (χ2v) is 6.92. The van der Waals surface area contributed by atoms with Crippen molar-refractivity contribution in [3.8, 4) is 0 Å². The molecule has 1 fully saturated rings. The minimum absolute atomic E-state index is 0.0429. The second kappa shape index (κ2) is 10.3. The van der Waals surface area contributed by atoms with Crippen LogP contribution in [-0.2, 0) is 4.74 Å². The third kappa shape index (κ3) is 6.11. The summed E-state index contributed by atoms with van der Waals surface area (Å²) in [6.07, 6.45) is 10.2. The van der Waals surface area contributed by atoms with Crippen LogP contribution in [0.25, 0.3) is 0 Å². The molecule has 6 nitrogen and oxygen atoms in total. The number of amides is 1. The predicted octanol–water partition coefficient (Wildman–Crippen LogP) is 2.45. The maximum Gasteiger partial charge on any atom is 0.251 e. The van der Waals surface area contributed by atoms with Crippen LogP contribution in [0.4, 0.5) is 5.82 Å². The van der Waals surface area contributed by atoms with E-state index < -0.39 is 0 Å². The van der Waals surface area contributed by atoms with Gasteiger partial charge in [-0.15, -0.1) is 0 Å². The van der Waals surface area contributed by atoms with Gasteiger partial charge in [-0.2, -0.15) is 0 Å². The van der Waals surface area contributed by atoms with Crippen LogP contribution < -0.4 is 10.6 Å². The molecule has 0 saturated carbocycles. The maximum atomic E-state index is 12.3. The van der Waals surface area contributed by atoms with Gasteiger partial charge in [-0.3, -0.25) is 9.69 Å². The van der Waals surface area contributed by atoms with Crippen LogP contribution in [0.1, 0.15) is 42.5 Å². The fraction of sp³-hybridized carbons (Fsp3) is 0.600. The first-order valence-corrected chi connectivity index (χ1v) is 9.77. The van der Waals surface area contributed by atoms with Crippen LogP contribution >= 0.6 is 0 Å². The number of allylic oxidation sites excluding steroid dienone is 1. The lowest BCUT2D eigenvalue weighted by molar-refractivity contribution is 0.0383. The van der Waals surface area contributed by atoms with E-state index in [2.05, 4.69) is 26.6 Å². The molecule has 0 atom stereocenters. The average Bonchev–Trinajstić information content (AvgIpc) is 2.70. The van der Waals surface area contributed by atoms with E-state index in [0.717, 1.165) is 51.6 Å². The molecule has 0 bridgehead atoms. The Kier molecular flexibility index (Phi) is 7.46. The van der Waals surface area contributed by atoms with Gasteiger partial charge in [0.15, 0.2) is 0 Å². The molecular weight excluding hydrogens is 328 g/mol. The van der Waals surface area contributed by atoms with Crippen LogP contribution in [0.5, 0.6) is 0 Å². The summed E-state index contributed by atoms with van der Waals surface area (Å²) in [7, 11) is 0. The zero-order valence-electron chi connectivity index (χ0n) is 15.5. The summed E-state index contributed by atoms with van der Waals surface area (Å²) in [6, 6.07) is 3.60. The van der Waals surface area contributed by atoms with Crippen molar-refractivity contribution in [2.45, 2.75) is 32.1 Å². The fourth-order valence-electron chi connectivity index (χ4n) is 3.41. The minimum Gasteiger partial charge on any atom is -0.379 e. The molecule has 26 heavy (non-hydrogen) atoms. The number of nitrogens with zero attached hydrogens (tertiary/aromatic N) is 2. The normalized spacial score (nSPS) is 18.2. The maximum absolute atomic E-state index is 12.3. The van der Waals surface area contributed by atoms with E-state index in [1.54, 1.807) is 17.8 Å². The number of hydrogen-bond donors (Lipinski definition) is 2. The Morgan fingerprint density at radius 3 is 2.92 bits per heavy atom. The molecule has 3 rings (SSSR count). The molecule has 2 aliphatic rings. The van der Waals surface area contributed by atoms with Gasteiger partial charge in [0.2, 0.25) is 0 Å². The highest BCUT2D eigenvalue weighted by Gasteiger charge is 2.11. The highest BCUT2D eigenvalue weighted by Crippen LogP contribution is 2.20. The fourth-order valence-corrected chi connectivity index (χ4v) is 3.41. The summed E-state index contributed by atoms with van der Waals surface area (Å²) in [4.78, 5) is 19.0. The number of hydrogen-bond acceptors (Lipinski definition) is 5. The number of rotatable bonds is 8. The highest BCUT2D eigenvalue weighted by molar-refractivity contribution is 5.94. The first-order chi connectivity index (χ1) is 12.8. The largest absolute Gasteiger partial charge is 0.379 e. The van der Waals surface area contributed by atoms with E-state index >= 15 is 0 Å². The molecule has 1 amide bonds. The lowest BCUT2D eigenvalue weighted by Crippen LogP contribution is -2.41. The molecule has 1 aromatic rings. The number of ether oxygens (including phenoxy) is 1. The van der Waals surface area contributed by atoms with Gasteiger partial charge < -0.3 is 15.4 Å². The van der Waals surface area contributed by atoms with Crippen LogP contribution in [0.2, 0.25) is 0 Å². The van der Waals surface area contributed by atoms with E-state index in [1.807, 2.05) is 6.07 Å². The summed E-state index contributed by atoms with van der Waals surface area (Å²) < 4.78 is 5.33. The zero-order chi connectivity index (χ0) is 18.0. The monoisotopic (exact) mass is 358 g/mol. The van der Waals surface area contributed by atoms with Gasteiger partial charge in [-0.1, -0.05) is 11.6 Å². The van der Waals surface area contributed by atoms with E-state index in [9.17, 15) is 4.79 Å². The molecule has 142 valence electrons. The summed E-state index contributed by atoms with van der Waals surface area (Å²) >= 11 is 0. The van der Waals surface area contributed by atoms with Crippen molar-refractivity contribution in [2.24, 2.45) is 0 Å². The Bertz CT molecular complexity index is 612. The number of morpholine rings is 1. The third-order valence-electron chi connectivity index (χ3n) is 4.98. The molecule has 0 unspecified atom stereocenters. The van der Waals surface area contributed by atoms with Gasteiger partial charge in [0.05, 0.1) is 13.2 Å². The van der Waals surface area contributed by atoms with Gasteiger partial charge in [0, 0.05) is 44.5 Å². The van der Waals surface area contributed by atoms with Crippen molar-refractivity contribution < 1.29 is 9.53 Å². The number of nitrogens with one attached hydrogen (secondary N) is 2. The molecule has 1 aliphatic carbocycles. The Morgan fingerprint density at radius 2 is 2.12 bits per heavy atom. The molecule has 0 aromatic carbocycles. The van der Waals surface area contributed by atoms with E-state index in [0.29, 0.717) is 12.1 Å². The lowest BCUT2D eigenvalue weighted by Gasteiger charge is -2.26. The zero-order valence-corrected chi connectivity index (χ0v) is 15.5. The van der Waals surface area contributed by atoms with Crippen LogP contribution in [0.3, 0.4) is 0 Å². The molecule has 6 heteroatoms. The number of aromatic nitrogens is 1. The Balaban J connectivity index is 1.40. The van der Waals surface area contributed by atoms with E-state index in [1.165, 1.54) is 25.7 Å². The number of carbonyl (C=O) groups excluding carboxylic acids is 1. The Morgan fingerprint density at radius 1 is 1.23 bits per heavy atom. The van der Waals surface area contributed by atoms with Crippen molar-refractivity contribution in [3.63, 3.8) is 0 Å². The SMILES string of the molecule is O=C(NCCN1CCOCC1)c1ccnc(NCCC2=CCCCC2)c1. The molecule has 2 N–H and O–H groups in total. The van der Waals surface area contributed by atoms with Gasteiger partial charge in [0.25, 0.3) is 5.91 Å². The third-order valence-corrected chi connectivity index (χ3v) is 4.98. The van der Waals surface area contributed by atoms with E-state index in [4.69, 9.17) is 4.74 Å². The highest BCUT2D eigenvalue weighted by atomic mass is 16.5. The van der Waals surface area contributed by atoms with Crippen LogP contribution in [-0.4, -0.2) is 61.7 Å². The van der Waals surface area contributed by atoms with Crippen molar-refractivity contribution in [1.82, 2.24) is 15.2 Å². The molecule has 0 radical (unpaired) electrons. The number of carbonyl (C=O) groups is 1. The van der Waals surface area contributed by atoms with Gasteiger partial charge in [-0.05, 0) is 44.2 Å². The average molecular weight is 358 g/mol. The summed E-state index contributed by atoms with van der Waals surface area (Å²) in [6.45, 7) is 5.82. The first-order valence-electron chi connectivity index (χ1n) is 9.77. The molecule has 1 saturated heterocycles.